The van der Waals surface area contributed by atoms with Crippen molar-refractivity contribution in [2.45, 2.75) is 25.8 Å². The second kappa shape index (κ2) is 6.46. The molecule has 1 aliphatic heterocycles. The summed E-state index contributed by atoms with van der Waals surface area (Å²) in [4.78, 5) is 4.68. The highest BCUT2D eigenvalue weighted by Gasteiger charge is 2.25. The van der Waals surface area contributed by atoms with Gasteiger partial charge in [0.25, 0.3) is 0 Å². The molecule has 0 amide bonds. The zero-order valence-electron chi connectivity index (χ0n) is 12.2. The molecule has 1 aromatic rings. The molecular weight excluding hydrogens is 272 g/mol. The lowest BCUT2D eigenvalue weighted by Crippen LogP contribution is -2.39. The normalized spacial score (nSPS) is 19.2. The van der Waals surface area contributed by atoms with Gasteiger partial charge in [-0.1, -0.05) is 18.5 Å². The number of halogens is 1. The fraction of sp³-hybridized carbons (Fsp3) is 0.533. The molecular formula is C15H23ClN4. The molecule has 1 saturated heterocycles. The Morgan fingerprint density at radius 3 is 2.95 bits per heavy atom. The van der Waals surface area contributed by atoms with Crippen molar-refractivity contribution >= 4 is 23.1 Å². The van der Waals surface area contributed by atoms with Gasteiger partial charge < -0.3 is 10.6 Å². The maximum absolute atomic E-state index is 7.70. The van der Waals surface area contributed by atoms with E-state index in [1.54, 1.807) is 6.07 Å². The predicted octanol–water partition coefficient (Wildman–Crippen LogP) is 2.54. The Morgan fingerprint density at radius 1 is 1.55 bits per heavy atom. The molecule has 0 spiro atoms. The number of nitrogens with two attached hydrogens (primary N) is 1. The van der Waals surface area contributed by atoms with E-state index in [-0.39, 0.29) is 5.84 Å². The Balaban J connectivity index is 2.18. The van der Waals surface area contributed by atoms with Crippen LogP contribution < -0.4 is 10.6 Å². The summed E-state index contributed by atoms with van der Waals surface area (Å²) in [5, 5.41) is 8.37. The van der Waals surface area contributed by atoms with Gasteiger partial charge >= 0.3 is 0 Å². The van der Waals surface area contributed by atoms with Gasteiger partial charge in [-0.15, -0.1) is 0 Å². The topological polar surface area (TPSA) is 56.4 Å². The number of rotatable bonds is 5. The maximum Gasteiger partial charge on any atom is 0.124 e. The third-order valence-electron chi connectivity index (χ3n) is 4.05. The molecule has 1 aromatic carbocycles. The molecule has 0 radical (unpaired) electrons. The van der Waals surface area contributed by atoms with Crippen molar-refractivity contribution in [2.24, 2.45) is 5.73 Å². The zero-order valence-corrected chi connectivity index (χ0v) is 13.0. The van der Waals surface area contributed by atoms with Gasteiger partial charge in [0.15, 0.2) is 0 Å². The number of amidine groups is 1. The molecule has 4 nitrogen and oxygen atoms in total. The molecule has 1 fully saturated rings. The van der Waals surface area contributed by atoms with Crippen molar-refractivity contribution in [3.63, 3.8) is 0 Å². The van der Waals surface area contributed by atoms with E-state index in [0.29, 0.717) is 11.1 Å². The third-order valence-corrected chi connectivity index (χ3v) is 4.29. The number of likely N-dealkylation sites (tertiary alicyclic amines) is 1. The summed E-state index contributed by atoms with van der Waals surface area (Å²) in [6, 6.07) is 6.07. The average Bonchev–Trinajstić information content (AvgIpc) is 2.85. The van der Waals surface area contributed by atoms with Gasteiger partial charge in [0, 0.05) is 35.9 Å². The average molecular weight is 295 g/mol. The summed E-state index contributed by atoms with van der Waals surface area (Å²) < 4.78 is 0. The van der Waals surface area contributed by atoms with Crippen molar-refractivity contribution < 1.29 is 0 Å². The Morgan fingerprint density at radius 2 is 2.30 bits per heavy atom. The van der Waals surface area contributed by atoms with Gasteiger partial charge in [-0.3, -0.25) is 10.3 Å². The molecule has 5 heteroatoms. The molecule has 1 aliphatic rings. The number of likely N-dealkylation sites (N-methyl/N-ethyl adjacent to an activating group) is 2. The highest BCUT2D eigenvalue weighted by Crippen LogP contribution is 2.26. The first kappa shape index (κ1) is 15.1. The van der Waals surface area contributed by atoms with Crippen LogP contribution >= 0.6 is 11.6 Å². The lowest BCUT2D eigenvalue weighted by Gasteiger charge is -2.30. The van der Waals surface area contributed by atoms with Gasteiger partial charge in [-0.2, -0.15) is 0 Å². The Hall–Kier alpha value is -1.26. The first-order valence-corrected chi connectivity index (χ1v) is 7.49. The maximum atomic E-state index is 7.70. The molecule has 1 atom stereocenters. The summed E-state index contributed by atoms with van der Waals surface area (Å²) in [5.74, 6) is 0.0855. The van der Waals surface area contributed by atoms with Crippen LogP contribution in [0.1, 0.15) is 25.3 Å². The molecule has 1 heterocycles. The van der Waals surface area contributed by atoms with E-state index in [9.17, 15) is 0 Å². The minimum atomic E-state index is 0.0855. The first-order valence-electron chi connectivity index (χ1n) is 7.12. The lowest BCUT2D eigenvalue weighted by atomic mass is 10.1. The number of hydrogen-bond acceptors (Lipinski definition) is 3. The summed E-state index contributed by atoms with van der Waals surface area (Å²) >= 11 is 6.09. The van der Waals surface area contributed by atoms with Crippen molar-refractivity contribution in [2.75, 3.05) is 31.6 Å². The van der Waals surface area contributed by atoms with Crippen LogP contribution in [0.15, 0.2) is 18.2 Å². The van der Waals surface area contributed by atoms with Crippen LogP contribution in [-0.2, 0) is 0 Å². The molecule has 0 bridgehead atoms. The zero-order chi connectivity index (χ0) is 14.7. The summed E-state index contributed by atoms with van der Waals surface area (Å²) in [6.07, 6.45) is 2.50. The minimum Gasteiger partial charge on any atom is -0.384 e. The standard InChI is InChI=1S/C15H23ClN4/c1-3-20-8-4-5-12(20)10-19(2)14-9-11(16)6-7-13(14)15(17)18/h6-7,9,12H,3-5,8,10H2,1-2H3,(H3,17,18). The quantitative estimate of drug-likeness (QED) is 0.648. The first-order chi connectivity index (χ1) is 9.52. The largest absolute Gasteiger partial charge is 0.384 e. The number of nitrogens with one attached hydrogen (secondary N) is 1. The summed E-state index contributed by atoms with van der Waals surface area (Å²) in [5.41, 5.74) is 7.35. The van der Waals surface area contributed by atoms with Gasteiger partial charge in [-0.25, -0.2) is 0 Å². The number of nitrogens with zero attached hydrogens (tertiary/aromatic N) is 2. The SMILES string of the molecule is CCN1CCCC1CN(C)c1cc(Cl)ccc1C(=N)N. The number of benzene rings is 1. The van der Waals surface area contributed by atoms with Crippen LogP contribution in [0.4, 0.5) is 5.69 Å². The van der Waals surface area contributed by atoms with E-state index in [0.717, 1.165) is 24.3 Å². The number of nitrogen functional groups attached to an aromatic ring is 1. The number of hydrogen-bond donors (Lipinski definition) is 2. The van der Waals surface area contributed by atoms with Gasteiger partial charge in [0.05, 0.1) is 0 Å². The lowest BCUT2D eigenvalue weighted by molar-refractivity contribution is 0.270. The molecule has 1 unspecified atom stereocenters. The van der Waals surface area contributed by atoms with Crippen molar-refractivity contribution in [3.05, 3.63) is 28.8 Å². The monoisotopic (exact) mass is 294 g/mol. The van der Waals surface area contributed by atoms with Gasteiger partial charge in [0.1, 0.15) is 5.84 Å². The summed E-state index contributed by atoms with van der Waals surface area (Å²) in [7, 11) is 2.05. The van der Waals surface area contributed by atoms with Crippen LogP contribution in [0, 0.1) is 5.41 Å². The highest BCUT2D eigenvalue weighted by atomic mass is 35.5. The predicted molar refractivity (Wildman–Crippen MR) is 86.0 cm³/mol. The van der Waals surface area contributed by atoms with Crippen LogP contribution in [0.3, 0.4) is 0 Å². The Labute approximate surface area is 126 Å². The van der Waals surface area contributed by atoms with E-state index in [1.165, 1.54) is 19.4 Å². The van der Waals surface area contributed by atoms with Crippen molar-refractivity contribution in [1.82, 2.24) is 4.90 Å². The Kier molecular flexibility index (Phi) is 4.89. The fourth-order valence-corrected chi connectivity index (χ4v) is 3.15. The second-order valence-electron chi connectivity index (χ2n) is 5.38. The van der Waals surface area contributed by atoms with Crippen LogP contribution in [0.2, 0.25) is 5.02 Å². The Bertz CT molecular complexity index is 489. The minimum absolute atomic E-state index is 0.0855. The second-order valence-corrected chi connectivity index (χ2v) is 5.82. The van der Waals surface area contributed by atoms with E-state index < -0.39 is 0 Å². The van der Waals surface area contributed by atoms with Gasteiger partial charge in [0.2, 0.25) is 0 Å². The van der Waals surface area contributed by atoms with Crippen molar-refractivity contribution in [3.8, 4) is 0 Å². The third kappa shape index (κ3) is 3.25. The van der Waals surface area contributed by atoms with Crippen molar-refractivity contribution in [1.29, 1.82) is 5.41 Å². The molecule has 0 aliphatic carbocycles. The molecule has 20 heavy (non-hydrogen) atoms. The number of anilines is 1. The van der Waals surface area contributed by atoms with E-state index in [4.69, 9.17) is 22.7 Å². The van der Waals surface area contributed by atoms with E-state index in [1.807, 2.05) is 19.2 Å². The van der Waals surface area contributed by atoms with E-state index in [2.05, 4.69) is 16.7 Å². The van der Waals surface area contributed by atoms with Gasteiger partial charge in [-0.05, 0) is 44.1 Å². The highest BCUT2D eigenvalue weighted by molar-refractivity contribution is 6.31. The summed E-state index contributed by atoms with van der Waals surface area (Å²) in [6.45, 7) is 5.42. The molecule has 2 rings (SSSR count). The van der Waals surface area contributed by atoms with Crippen LogP contribution in [-0.4, -0.2) is 43.5 Å². The molecule has 3 N–H and O–H groups in total. The molecule has 0 aromatic heterocycles. The smallest absolute Gasteiger partial charge is 0.124 e. The molecule has 110 valence electrons. The van der Waals surface area contributed by atoms with E-state index >= 15 is 0 Å². The molecule has 0 saturated carbocycles. The van der Waals surface area contributed by atoms with Crippen LogP contribution in [0.5, 0.6) is 0 Å². The fourth-order valence-electron chi connectivity index (χ4n) is 2.98. The van der Waals surface area contributed by atoms with Crippen LogP contribution in [0.25, 0.3) is 0 Å².